The minimum Gasteiger partial charge on any atom is -0.440 e. The first kappa shape index (κ1) is 54.6. The number of rotatable bonds is 15. The summed E-state index contributed by atoms with van der Waals surface area (Å²) in [5.74, 6) is 0.486. The van der Waals surface area contributed by atoms with E-state index in [4.69, 9.17) is 28.2 Å². The Bertz CT molecular complexity index is 4400. The molecule has 0 aliphatic heterocycles. The van der Waals surface area contributed by atoms with Crippen LogP contribution in [0.1, 0.15) is 44.8 Å². The van der Waals surface area contributed by atoms with E-state index < -0.39 is 35.1 Å². The van der Waals surface area contributed by atoms with Crippen molar-refractivity contribution < 1.29 is 48.4 Å². The molecule has 4 aromatic heterocycles. The fraction of sp³-hybridized carbons (Fsp3) is 0.0580. The normalized spacial score (nSPS) is 12.0. The predicted octanol–water partition coefficient (Wildman–Crippen LogP) is 20.5. The molecule has 0 saturated heterocycles. The number of hydrogen-bond donors (Lipinski definition) is 0. The second-order valence-corrected chi connectivity index (χ2v) is 20.5. The number of nitrogens with zero attached hydrogens (tertiary/aromatic N) is 3. The van der Waals surface area contributed by atoms with Crippen molar-refractivity contribution in [2.24, 2.45) is 0 Å². The maximum atomic E-state index is 16.3. The average molecular weight is 1150 g/mol. The summed E-state index contributed by atoms with van der Waals surface area (Å²) in [7, 11) is 0. The van der Waals surface area contributed by atoms with E-state index in [1.165, 1.54) is 59.9 Å². The Hall–Kier alpha value is -9.99. The Balaban J connectivity index is 0.936. The Morgan fingerprint density at radius 1 is 0.381 bits per heavy atom. The van der Waals surface area contributed by atoms with E-state index in [9.17, 15) is 30.7 Å². The number of oxazole rings is 3. The Kier molecular flexibility index (Phi) is 15.0. The van der Waals surface area contributed by atoms with Gasteiger partial charge in [-0.25, -0.2) is 23.7 Å². The minimum absolute atomic E-state index is 0.124. The number of benzene rings is 8. The van der Waals surface area contributed by atoms with Crippen LogP contribution in [-0.2, 0) is 25.2 Å². The lowest BCUT2D eigenvalue weighted by Crippen LogP contribution is -2.05. The van der Waals surface area contributed by atoms with Crippen molar-refractivity contribution in [3.05, 3.63) is 268 Å². The molecule has 0 bridgehead atoms. The number of halogens is 8. The summed E-state index contributed by atoms with van der Waals surface area (Å²) in [5, 5.41) is 1.94. The highest BCUT2D eigenvalue weighted by Crippen LogP contribution is 2.44. The number of aromatic nitrogens is 3. The monoisotopic (exact) mass is 1150 g/mol. The lowest BCUT2D eigenvalue weighted by molar-refractivity contribution is -0.138. The first-order chi connectivity index (χ1) is 40.6. The minimum atomic E-state index is -4.54. The Morgan fingerprint density at radius 3 is 1.63 bits per heavy atom. The smallest absolute Gasteiger partial charge is 0.416 e. The summed E-state index contributed by atoms with van der Waals surface area (Å²) in [6.07, 6.45) is -2.20. The second kappa shape index (κ2) is 23.1. The van der Waals surface area contributed by atoms with Gasteiger partial charge in [0, 0.05) is 56.8 Å². The summed E-state index contributed by atoms with van der Waals surface area (Å²) >= 11 is 1.52. The molecular weight excluding hydrogens is 1100 g/mol. The van der Waals surface area contributed by atoms with Gasteiger partial charge in [0.2, 0.25) is 11.8 Å². The van der Waals surface area contributed by atoms with E-state index in [-0.39, 0.29) is 42.0 Å². The van der Waals surface area contributed by atoms with Gasteiger partial charge >= 0.3 is 12.4 Å². The van der Waals surface area contributed by atoms with Crippen LogP contribution in [0.2, 0.25) is 0 Å². The molecule has 0 aliphatic carbocycles. The molecule has 0 fully saturated rings. The van der Waals surface area contributed by atoms with Crippen LogP contribution in [0.4, 0.5) is 35.1 Å². The average Bonchev–Trinajstić information content (AvgIpc) is 4.34. The number of aryl methyl sites for hydroxylation is 2. The van der Waals surface area contributed by atoms with Crippen LogP contribution in [0.25, 0.3) is 114 Å². The van der Waals surface area contributed by atoms with Crippen molar-refractivity contribution in [2.75, 3.05) is 0 Å². The lowest BCUT2D eigenvalue weighted by atomic mass is 9.93. The van der Waals surface area contributed by atoms with E-state index in [1.807, 2.05) is 115 Å². The highest BCUT2D eigenvalue weighted by molar-refractivity contribution is 7.10. The summed E-state index contributed by atoms with van der Waals surface area (Å²) in [4.78, 5) is 15.6. The topological polar surface area (TPSA) is 78.1 Å². The third-order valence-corrected chi connectivity index (χ3v) is 14.6. The van der Waals surface area contributed by atoms with Crippen molar-refractivity contribution in [1.82, 2.24) is 15.0 Å². The maximum absolute atomic E-state index is 16.3. The van der Waals surface area contributed by atoms with Crippen molar-refractivity contribution >= 4 is 35.6 Å². The predicted molar refractivity (Wildman–Crippen MR) is 313 cm³/mol. The van der Waals surface area contributed by atoms with Gasteiger partial charge in [-0.2, -0.15) is 26.3 Å². The molecule has 6 nitrogen and oxygen atoms in total. The molecule has 0 aliphatic rings. The molecule has 8 aromatic carbocycles. The highest BCUT2D eigenvalue weighted by Gasteiger charge is 2.32. The number of thiophene rings is 1. The summed E-state index contributed by atoms with van der Waals surface area (Å²) in [6, 6.07) is 56.0. The standard InChI is InChI=1S/C69H43F8N3O3S/c70-54-23-10-20-49(39-54)66-64(80-61(82-66)32-29-56-24-11-33-84-56)51-38-50(40-55(71)41-51)57-25-4-5-26-58(57)67-63(79-60(83-67)31-28-43-13-7-22-53(35-43)69(75,76)77)47-18-8-16-45(36-47)46-17-9-19-48(37-46)65-62(44-14-2-1-3-15-44)78-59(81-65)30-27-42-12-6-21-52(34-42)68(72,73)74/h1-27,29-30,32-41H,28,31H2/b30-27+,32-29+. The van der Waals surface area contributed by atoms with Gasteiger partial charge < -0.3 is 13.3 Å². The molecule has 15 heteroatoms. The van der Waals surface area contributed by atoms with E-state index in [0.717, 1.165) is 45.8 Å². The fourth-order valence-electron chi connectivity index (χ4n) is 9.85. The summed E-state index contributed by atoms with van der Waals surface area (Å²) in [5.41, 5.74) is 6.16. The van der Waals surface area contributed by atoms with E-state index >= 15 is 4.39 Å². The molecule has 0 N–H and O–H groups in total. The van der Waals surface area contributed by atoms with Crippen molar-refractivity contribution in [3.63, 3.8) is 0 Å². The van der Waals surface area contributed by atoms with Crippen molar-refractivity contribution in [3.8, 4) is 90.0 Å². The molecule has 12 rings (SSSR count). The third kappa shape index (κ3) is 12.1. The first-order valence-corrected chi connectivity index (χ1v) is 27.2. The van der Waals surface area contributed by atoms with Crippen LogP contribution >= 0.6 is 11.3 Å². The SMILES string of the molecule is Fc1cc(-c2ccccc2-c2oc(CCc3cccc(C(F)(F)F)c3)nc2-c2cccc(-c3cccc(-c4oc(/C=C/c5cccc(C(F)(F)F)c5)nc4-c4ccccc4)c3)c2)cc(-c2nc(/C=C/c3cccs3)oc2-c2cccc(F)c2)c1. The van der Waals surface area contributed by atoms with E-state index in [0.29, 0.717) is 73.0 Å². The van der Waals surface area contributed by atoms with Gasteiger partial charge in [-0.15, -0.1) is 11.3 Å². The molecule has 4 heterocycles. The van der Waals surface area contributed by atoms with Crippen LogP contribution in [-0.4, -0.2) is 15.0 Å². The van der Waals surface area contributed by atoms with Crippen LogP contribution in [0.15, 0.2) is 225 Å². The van der Waals surface area contributed by atoms with E-state index in [2.05, 4.69) is 0 Å². The summed E-state index contributed by atoms with van der Waals surface area (Å²) in [6.45, 7) is 0. The molecule has 84 heavy (non-hydrogen) atoms. The van der Waals surface area contributed by atoms with Crippen molar-refractivity contribution in [1.29, 1.82) is 0 Å². The van der Waals surface area contributed by atoms with Crippen LogP contribution in [0.5, 0.6) is 0 Å². The fourth-order valence-corrected chi connectivity index (χ4v) is 10.5. The second-order valence-electron chi connectivity index (χ2n) is 19.6. The molecule has 414 valence electrons. The van der Waals surface area contributed by atoms with Gasteiger partial charge in [-0.1, -0.05) is 140 Å². The molecule has 0 atom stereocenters. The maximum Gasteiger partial charge on any atom is 0.416 e. The van der Waals surface area contributed by atoms with E-state index in [1.54, 1.807) is 48.5 Å². The molecule has 0 radical (unpaired) electrons. The highest BCUT2D eigenvalue weighted by atomic mass is 32.1. The van der Waals surface area contributed by atoms with Gasteiger partial charge in [0.05, 0.1) is 11.1 Å². The Labute approximate surface area is 480 Å². The lowest BCUT2D eigenvalue weighted by Gasteiger charge is -2.12. The number of alkyl halides is 6. The number of hydrogen-bond acceptors (Lipinski definition) is 7. The van der Waals surface area contributed by atoms with Gasteiger partial charge in [-0.3, -0.25) is 0 Å². The molecule has 0 spiro atoms. The molecule has 0 saturated carbocycles. The molecule has 0 unspecified atom stereocenters. The molecule has 12 aromatic rings. The quantitative estimate of drug-likeness (QED) is 0.0952. The molecule has 0 amide bonds. The zero-order chi connectivity index (χ0) is 58.0. The zero-order valence-corrected chi connectivity index (χ0v) is 44.7. The first-order valence-electron chi connectivity index (χ1n) is 26.3. The van der Waals surface area contributed by atoms with Gasteiger partial charge in [0.15, 0.2) is 23.2 Å². The van der Waals surface area contributed by atoms with Gasteiger partial charge in [0.1, 0.15) is 28.7 Å². The van der Waals surface area contributed by atoms with Crippen LogP contribution in [0, 0.1) is 11.6 Å². The van der Waals surface area contributed by atoms with Crippen LogP contribution in [0.3, 0.4) is 0 Å². The summed E-state index contributed by atoms with van der Waals surface area (Å²) < 4.78 is 133. The Morgan fingerprint density at radius 2 is 0.929 bits per heavy atom. The largest absolute Gasteiger partial charge is 0.440 e. The van der Waals surface area contributed by atoms with Gasteiger partial charge in [0.25, 0.3) is 0 Å². The molecular formula is C69H43F8N3O3S. The zero-order valence-electron chi connectivity index (χ0n) is 43.9. The van der Waals surface area contributed by atoms with Crippen molar-refractivity contribution in [2.45, 2.75) is 25.2 Å². The van der Waals surface area contributed by atoms with Gasteiger partial charge in [-0.05, 0) is 124 Å². The van der Waals surface area contributed by atoms with Crippen LogP contribution < -0.4 is 0 Å². The third-order valence-electron chi connectivity index (χ3n) is 13.8.